The van der Waals surface area contributed by atoms with Crippen molar-refractivity contribution in [3.63, 3.8) is 0 Å². The van der Waals surface area contributed by atoms with E-state index in [1.807, 2.05) is 6.92 Å². The van der Waals surface area contributed by atoms with Gasteiger partial charge in [-0.2, -0.15) is 0 Å². The van der Waals surface area contributed by atoms with Gasteiger partial charge in [-0.3, -0.25) is 19.2 Å². The van der Waals surface area contributed by atoms with E-state index in [0.717, 1.165) is 26.7 Å². The van der Waals surface area contributed by atoms with Crippen LogP contribution in [0, 0.1) is 10.1 Å². The molecule has 0 bridgehead atoms. The molecule has 0 aliphatic rings. The second-order valence-electron chi connectivity index (χ2n) is 5.91. The fourth-order valence-corrected chi connectivity index (χ4v) is 5.08. The minimum Gasteiger partial charge on any atom is -0.495 e. The Balaban J connectivity index is 2.08. The fourth-order valence-electron chi connectivity index (χ4n) is 2.46. The number of nitro benzene ring substituents is 1. The number of carbonyl (C=O) groups is 1. The molecular formula is C16H21N5O6S3. The van der Waals surface area contributed by atoms with Crippen molar-refractivity contribution >= 4 is 55.5 Å². The lowest BCUT2D eigenvalue weighted by Crippen LogP contribution is -2.32. The maximum atomic E-state index is 12.3. The van der Waals surface area contributed by atoms with Gasteiger partial charge < -0.3 is 10.1 Å². The zero-order chi connectivity index (χ0) is 22.3. The van der Waals surface area contributed by atoms with Gasteiger partial charge in [0.25, 0.3) is 5.69 Å². The molecule has 1 heterocycles. The smallest absolute Gasteiger partial charge is 0.271 e. The van der Waals surface area contributed by atoms with Crippen LogP contribution in [-0.4, -0.2) is 55.1 Å². The third-order valence-electron chi connectivity index (χ3n) is 3.73. The molecule has 1 aromatic carbocycles. The normalized spacial score (nSPS) is 11.2. The minimum absolute atomic E-state index is 0.0269. The molecule has 2 rings (SSSR count). The highest BCUT2D eigenvalue weighted by Gasteiger charge is 2.24. The van der Waals surface area contributed by atoms with Gasteiger partial charge in [-0.15, -0.1) is 10.2 Å². The molecular weight excluding hydrogens is 454 g/mol. The van der Waals surface area contributed by atoms with Crippen LogP contribution < -0.4 is 14.4 Å². The van der Waals surface area contributed by atoms with Gasteiger partial charge in [0.2, 0.25) is 21.1 Å². The van der Waals surface area contributed by atoms with E-state index < -0.39 is 14.9 Å². The summed E-state index contributed by atoms with van der Waals surface area (Å²) >= 11 is 2.77. The summed E-state index contributed by atoms with van der Waals surface area (Å²) in [6, 6.07) is 3.69. The van der Waals surface area contributed by atoms with Crippen LogP contribution in [0.25, 0.3) is 0 Å². The molecule has 30 heavy (non-hydrogen) atoms. The first-order valence-corrected chi connectivity index (χ1v) is 12.4. The van der Waals surface area contributed by atoms with Crippen LogP contribution in [-0.2, 0) is 14.8 Å². The number of anilines is 2. The number of nitrogens with one attached hydrogen (secondary N) is 1. The van der Waals surface area contributed by atoms with E-state index in [2.05, 4.69) is 15.5 Å². The fraction of sp³-hybridized carbons (Fsp3) is 0.438. The van der Waals surface area contributed by atoms with Crippen molar-refractivity contribution in [3.05, 3.63) is 28.3 Å². The van der Waals surface area contributed by atoms with Gasteiger partial charge in [-0.1, -0.05) is 30.0 Å². The van der Waals surface area contributed by atoms with Crippen molar-refractivity contribution in [1.82, 2.24) is 10.2 Å². The first-order valence-electron chi connectivity index (χ1n) is 8.72. The third-order valence-corrected chi connectivity index (χ3v) is 6.76. The first-order chi connectivity index (χ1) is 14.2. The summed E-state index contributed by atoms with van der Waals surface area (Å²) in [7, 11) is -2.44. The Bertz CT molecular complexity index is 1010. The Morgan fingerprint density at radius 3 is 2.73 bits per heavy atom. The Morgan fingerprint density at radius 1 is 1.40 bits per heavy atom. The molecule has 1 N–H and O–H groups in total. The van der Waals surface area contributed by atoms with Crippen LogP contribution in [0.1, 0.15) is 19.8 Å². The number of nitro groups is 1. The molecule has 1 aromatic heterocycles. The van der Waals surface area contributed by atoms with Crippen molar-refractivity contribution in [2.24, 2.45) is 0 Å². The summed E-state index contributed by atoms with van der Waals surface area (Å²) in [5, 5.41) is 21.9. The van der Waals surface area contributed by atoms with E-state index in [1.165, 1.54) is 42.3 Å². The van der Waals surface area contributed by atoms with Crippen LogP contribution >= 0.6 is 23.1 Å². The number of nitrogens with zero attached hydrogens (tertiary/aromatic N) is 4. The highest BCUT2D eigenvalue weighted by atomic mass is 32.2. The number of ether oxygens (including phenoxy) is 1. The van der Waals surface area contributed by atoms with Gasteiger partial charge in [0.15, 0.2) is 4.34 Å². The summed E-state index contributed by atoms with van der Waals surface area (Å²) in [5.41, 5.74) is -0.228. The van der Waals surface area contributed by atoms with Gasteiger partial charge in [-0.05, 0) is 18.2 Å². The predicted molar refractivity (Wildman–Crippen MR) is 116 cm³/mol. The lowest BCUT2D eigenvalue weighted by molar-refractivity contribution is -0.384. The average molecular weight is 476 g/mol. The number of rotatable bonds is 11. The molecule has 0 saturated heterocycles. The Labute approximate surface area is 182 Å². The Morgan fingerprint density at radius 2 is 2.13 bits per heavy atom. The zero-order valence-corrected chi connectivity index (χ0v) is 19.0. The summed E-state index contributed by atoms with van der Waals surface area (Å²) in [5.74, 6) is 0.675. The van der Waals surface area contributed by atoms with E-state index in [4.69, 9.17) is 4.74 Å². The number of benzene rings is 1. The van der Waals surface area contributed by atoms with E-state index in [9.17, 15) is 23.3 Å². The number of thioether (sulfide) groups is 1. The van der Waals surface area contributed by atoms with E-state index >= 15 is 0 Å². The maximum Gasteiger partial charge on any atom is 0.271 e. The summed E-state index contributed by atoms with van der Waals surface area (Å²) in [6.45, 7) is 1.92. The van der Waals surface area contributed by atoms with Crippen LogP contribution in [0.15, 0.2) is 22.5 Å². The third kappa shape index (κ3) is 6.53. The minimum atomic E-state index is -3.78. The molecule has 0 radical (unpaired) electrons. The number of non-ortho nitro benzene ring substituents is 1. The molecule has 1 amide bonds. The molecule has 0 aliphatic carbocycles. The van der Waals surface area contributed by atoms with Crippen molar-refractivity contribution < 1.29 is 22.9 Å². The lowest BCUT2D eigenvalue weighted by atomic mass is 10.2. The highest BCUT2D eigenvalue weighted by Crippen LogP contribution is 2.34. The number of sulfonamides is 1. The molecule has 0 fully saturated rings. The molecule has 11 nitrogen and oxygen atoms in total. The van der Waals surface area contributed by atoms with E-state index in [1.54, 1.807) is 0 Å². The molecule has 164 valence electrons. The highest BCUT2D eigenvalue weighted by molar-refractivity contribution is 8.01. The second kappa shape index (κ2) is 10.5. The van der Waals surface area contributed by atoms with Gasteiger partial charge in [0, 0.05) is 25.1 Å². The van der Waals surface area contributed by atoms with Gasteiger partial charge >= 0.3 is 0 Å². The van der Waals surface area contributed by atoms with Crippen LogP contribution in [0.5, 0.6) is 5.75 Å². The number of carbonyl (C=O) groups excluding carboxylic acids is 1. The van der Waals surface area contributed by atoms with Crippen molar-refractivity contribution in [3.8, 4) is 5.75 Å². The van der Waals surface area contributed by atoms with Crippen molar-refractivity contribution in [2.45, 2.75) is 24.1 Å². The first kappa shape index (κ1) is 23.8. The van der Waals surface area contributed by atoms with Gasteiger partial charge in [0.05, 0.1) is 18.3 Å². The standard InChI is InChI=1S/C16H21N5O6S3/c1-4-28-16-19-18-15(29-16)17-14(22)6-5-9-20(30(3,25)26)12-10-11(21(23)24)7-8-13(12)27-2/h7-8,10H,4-6,9H2,1-3H3,(H,17,18,22). The van der Waals surface area contributed by atoms with E-state index in [-0.39, 0.29) is 42.4 Å². The molecule has 2 aromatic rings. The van der Waals surface area contributed by atoms with Crippen LogP contribution in [0.3, 0.4) is 0 Å². The second-order valence-corrected chi connectivity index (χ2v) is 10.3. The summed E-state index contributed by atoms with van der Waals surface area (Å²) in [4.78, 5) is 22.6. The van der Waals surface area contributed by atoms with E-state index in [0.29, 0.717) is 5.13 Å². The Kier molecular flexibility index (Phi) is 8.37. The molecule has 0 spiro atoms. The zero-order valence-electron chi connectivity index (χ0n) is 16.5. The molecule has 0 saturated carbocycles. The monoisotopic (exact) mass is 475 g/mol. The summed E-state index contributed by atoms with van der Waals surface area (Å²) in [6.07, 6.45) is 1.19. The number of amides is 1. The SMILES string of the molecule is CCSc1nnc(NC(=O)CCCN(c2cc([N+](=O)[O-])ccc2OC)S(C)(=O)=O)s1. The van der Waals surface area contributed by atoms with Gasteiger partial charge in [0.1, 0.15) is 11.4 Å². The van der Waals surface area contributed by atoms with Crippen LogP contribution in [0.4, 0.5) is 16.5 Å². The molecule has 14 heteroatoms. The van der Waals surface area contributed by atoms with Crippen molar-refractivity contribution in [2.75, 3.05) is 35.3 Å². The molecule has 0 aliphatic heterocycles. The predicted octanol–water partition coefficient (Wildman–Crippen LogP) is 2.75. The number of hydrogen-bond donors (Lipinski definition) is 1. The van der Waals surface area contributed by atoms with Crippen LogP contribution in [0.2, 0.25) is 0 Å². The Hall–Kier alpha value is -2.45. The topological polar surface area (TPSA) is 145 Å². The number of hydrogen-bond acceptors (Lipinski definition) is 10. The quantitative estimate of drug-likeness (QED) is 0.224. The number of aromatic nitrogens is 2. The lowest BCUT2D eigenvalue weighted by Gasteiger charge is -2.24. The van der Waals surface area contributed by atoms with Crippen molar-refractivity contribution in [1.29, 1.82) is 0 Å². The average Bonchev–Trinajstić information content (AvgIpc) is 3.10. The van der Waals surface area contributed by atoms with Gasteiger partial charge in [-0.25, -0.2) is 8.42 Å². The number of methoxy groups -OCH3 is 1. The maximum absolute atomic E-state index is 12.3. The molecule has 0 atom stereocenters. The largest absolute Gasteiger partial charge is 0.495 e. The molecule has 0 unspecified atom stereocenters. The summed E-state index contributed by atoms with van der Waals surface area (Å²) < 4.78 is 31.5.